The number of para-hydroxylation sites is 2. The Morgan fingerprint density at radius 3 is 2.81 bits per heavy atom. The summed E-state index contributed by atoms with van der Waals surface area (Å²) in [6.07, 6.45) is -2.70. The number of benzene rings is 1. The number of thiocarbonyl (C=S) groups is 1. The summed E-state index contributed by atoms with van der Waals surface area (Å²) in [5, 5.41) is 3.04. The number of rotatable bonds is 4. The Hall–Kier alpha value is -2.40. The third kappa shape index (κ3) is 4.86. The van der Waals surface area contributed by atoms with Crippen molar-refractivity contribution in [1.29, 1.82) is 0 Å². The quantitative estimate of drug-likeness (QED) is 0.535. The normalized spacial score (nSPS) is 17.1. The largest absolute Gasteiger partial charge is 0.449 e. The molecule has 1 aliphatic heterocycles. The Labute approximate surface area is 158 Å². The zero-order valence-corrected chi connectivity index (χ0v) is 15.0. The second-order valence-electron chi connectivity index (χ2n) is 6.03. The molecule has 0 radical (unpaired) electrons. The van der Waals surface area contributed by atoms with Crippen molar-refractivity contribution in [1.82, 2.24) is 25.7 Å². The maximum atomic E-state index is 13.2. The van der Waals surface area contributed by atoms with Crippen LogP contribution in [-0.2, 0) is 22.3 Å². The molecular formula is C16H18F3N5O2S. The Bertz CT molecular complexity index is 833. The van der Waals surface area contributed by atoms with Crippen LogP contribution in [0.15, 0.2) is 24.3 Å². The molecule has 1 amide bonds. The van der Waals surface area contributed by atoms with Crippen molar-refractivity contribution in [3.8, 4) is 0 Å². The lowest BCUT2D eigenvalue weighted by Crippen LogP contribution is -2.49. The van der Waals surface area contributed by atoms with Gasteiger partial charge in [0.15, 0.2) is 5.11 Å². The number of ether oxygens (including phenoxy) is 1. The summed E-state index contributed by atoms with van der Waals surface area (Å²) in [5.41, 5.74) is 5.15. The van der Waals surface area contributed by atoms with E-state index < -0.39 is 24.5 Å². The SMILES string of the molecule is O=C(Cn1c(C(F)(F)F)nc2ccccc21)NNC(=S)NCC1CCCO1. The van der Waals surface area contributed by atoms with Crippen LogP contribution in [0.4, 0.5) is 13.2 Å². The van der Waals surface area contributed by atoms with Gasteiger partial charge in [-0.1, -0.05) is 12.1 Å². The Kier molecular flexibility index (Phi) is 5.80. The lowest BCUT2D eigenvalue weighted by Gasteiger charge is -2.15. The highest BCUT2D eigenvalue weighted by Crippen LogP contribution is 2.31. The van der Waals surface area contributed by atoms with Crippen LogP contribution in [0.25, 0.3) is 11.0 Å². The summed E-state index contributed by atoms with van der Waals surface area (Å²) in [5.74, 6) is -1.82. The maximum Gasteiger partial charge on any atom is 0.449 e. The van der Waals surface area contributed by atoms with Gasteiger partial charge < -0.3 is 14.6 Å². The number of nitrogens with zero attached hydrogens (tertiary/aromatic N) is 2. The summed E-state index contributed by atoms with van der Waals surface area (Å²) in [6.45, 7) is 0.645. The van der Waals surface area contributed by atoms with E-state index >= 15 is 0 Å². The average molecular weight is 401 g/mol. The summed E-state index contributed by atoms with van der Waals surface area (Å²) in [6, 6.07) is 6.11. The molecule has 1 saturated heterocycles. The van der Waals surface area contributed by atoms with Crippen molar-refractivity contribution in [2.24, 2.45) is 0 Å². The zero-order valence-electron chi connectivity index (χ0n) is 14.2. The van der Waals surface area contributed by atoms with E-state index in [1.165, 1.54) is 12.1 Å². The second kappa shape index (κ2) is 8.09. The smallest absolute Gasteiger partial charge is 0.376 e. The first-order valence-electron chi connectivity index (χ1n) is 8.31. The lowest BCUT2D eigenvalue weighted by molar-refractivity contribution is -0.147. The van der Waals surface area contributed by atoms with E-state index in [1.807, 2.05) is 0 Å². The predicted octanol–water partition coefficient (Wildman–Crippen LogP) is 1.73. The van der Waals surface area contributed by atoms with Crippen molar-refractivity contribution in [3.05, 3.63) is 30.1 Å². The predicted molar refractivity (Wildman–Crippen MR) is 95.6 cm³/mol. The van der Waals surface area contributed by atoms with Crippen molar-refractivity contribution in [3.63, 3.8) is 0 Å². The minimum Gasteiger partial charge on any atom is -0.376 e. The highest BCUT2D eigenvalue weighted by molar-refractivity contribution is 7.80. The summed E-state index contributed by atoms with van der Waals surface area (Å²) in [4.78, 5) is 15.7. The molecule has 3 rings (SSSR count). The number of hydrogen-bond acceptors (Lipinski definition) is 4. The van der Waals surface area contributed by atoms with E-state index in [9.17, 15) is 18.0 Å². The van der Waals surface area contributed by atoms with E-state index in [4.69, 9.17) is 17.0 Å². The number of hydrazine groups is 1. The highest BCUT2D eigenvalue weighted by atomic mass is 32.1. The monoisotopic (exact) mass is 401 g/mol. The zero-order chi connectivity index (χ0) is 19.4. The molecule has 1 aromatic carbocycles. The van der Waals surface area contributed by atoms with Crippen LogP contribution in [0.3, 0.4) is 0 Å². The number of amides is 1. The van der Waals surface area contributed by atoms with Crippen molar-refractivity contribution < 1.29 is 22.7 Å². The van der Waals surface area contributed by atoms with Crippen LogP contribution >= 0.6 is 12.2 Å². The first-order valence-corrected chi connectivity index (χ1v) is 8.72. The molecule has 1 atom stereocenters. The molecule has 1 fully saturated rings. The number of aromatic nitrogens is 2. The Morgan fingerprint density at radius 2 is 2.11 bits per heavy atom. The number of nitrogens with one attached hydrogen (secondary N) is 3. The number of hydrogen-bond donors (Lipinski definition) is 3. The molecule has 7 nitrogen and oxygen atoms in total. The first kappa shape index (κ1) is 19.4. The fourth-order valence-corrected chi connectivity index (χ4v) is 2.95. The van der Waals surface area contributed by atoms with E-state index in [-0.39, 0.29) is 22.2 Å². The number of fused-ring (bicyclic) bond motifs is 1. The van der Waals surface area contributed by atoms with Gasteiger partial charge in [0.05, 0.1) is 17.1 Å². The van der Waals surface area contributed by atoms with Gasteiger partial charge in [0.1, 0.15) is 6.54 Å². The number of alkyl halides is 3. The second-order valence-corrected chi connectivity index (χ2v) is 6.43. The molecule has 3 N–H and O–H groups in total. The number of halogens is 3. The molecule has 146 valence electrons. The fraction of sp³-hybridized carbons (Fsp3) is 0.438. The van der Waals surface area contributed by atoms with Crippen molar-refractivity contribution >= 4 is 34.3 Å². The van der Waals surface area contributed by atoms with Gasteiger partial charge in [0.2, 0.25) is 5.82 Å². The minimum absolute atomic E-state index is 0.0621. The molecule has 2 heterocycles. The van der Waals surface area contributed by atoms with Gasteiger partial charge in [-0.25, -0.2) is 4.98 Å². The van der Waals surface area contributed by atoms with Gasteiger partial charge in [-0.15, -0.1) is 0 Å². The molecule has 0 bridgehead atoms. The molecule has 1 aliphatic rings. The summed E-state index contributed by atoms with van der Waals surface area (Å²) >= 11 is 5.03. The number of imidazole rings is 1. The van der Waals surface area contributed by atoms with Crippen LogP contribution in [0.1, 0.15) is 18.7 Å². The van der Waals surface area contributed by atoms with Crippen LogP contribution in [0.5, 0.6) is 0 Å². The molecule has 27 heavy (non-hydrogen) atoms. The molecule has 0 aliphatic carbocycles. The first-order chi connectivity index (χ1) is 12.8. The Morgan fingerprint density at radius 1 is 1.33 bits per heavy atom. The molecule has 1 unspecified atom stereocenters. The van der Waals surface area contributed by atoms with E-state index in [2.05, 4.69) is 21.2 Å². The summed E-state index contributed by atoms with van der Waals surface area (Å²) < 4.78 is 45.9. The van der Waals surface area contributed by atoms with Gasteiger partial charge in [-0.05, 0) is 37.2 Å². The Balaban J connectivity index is 1.59. The third-order valence-corrected chi connectivity index (χ3v) is 4.29. The molecule has 1 aromatic heterocycles. The molecule has 11 heteroatoms. The number of carbonyl (C=O) groups excluding carboxylic acids is 1. The van der Waals surface area contributed by atoms with Crippen LogP contribution in [0.2, 0.25) is 0 Å². The van der Waals surface area contributed by atoms with E-state index in [0.717, 1.165) is 17.4 Å². The van der Waals surface area contributed by atoms with Crippen molar-refractivity contribution in [2.75, 3.05) is 13.2 Å². The molecule has 0 saturated carbocycles. The topological polar surface area (TPSA) is 80.2 Å². The van der Waals surface area contributed by atoms with Gasteiger partial charge in [-0.2, -0.15) is 13.2 Å². The van der Waals surface area contributed by atoms with Gasteiger partial charge in [0, 0.05) is 13.2 Å². The van der Waals surface area contributed by atoms with Crippen LogP contribution in [-0.4, -0.2) is 39.8 Å². The highest BCUT2D eigenvalue weighted by Gasteiger charge is 2.38. The third-order valence-electron chi connectivity index (χ3n) is 4.04. The standard InChI is InChI=1S/C16H18F3N5O2S/c17-16(18,19)14-21-11-5-1-2-6-12(11)24(14)9-13(25)22-23-15(27)20-8-10-4-3-7-26-10/h1-2,5-6,10H,3-4,7-9H2,(H,22,25)(H2,20,23,27). The maximum absolute atomic E-state index is 13.2. The van der Waals surface area contributed by atoms with Crippen LogP contribution < -0.4 is 16.2 Å². The number of carbonyl (C=O) groups is 1. The van der Waals surface area contributed by atoms with Gasteiger partial charge >= 0.3 is 6.18 Å². The van der Waals surface area contributed by atoms with E-state index in [1.54, 1.807) is 12.1 Å². The van der Waals surface area contributed by atoms with E-state index in [0.29, 0.717) is 13.2 Å². The van der Waals surface area contributed by atoms with Crippen LogP contribution in [0, 0.1) is 0 Å². The molecule has 0 spiro atoms. The minimum atomic E-state index is -4.68. The fourth-order valence-electron chi connectivity index (χ4n) is 2.82. The summed E-state index contributed by atoms with van der Waals surface area (Å²) in [7, 11) is 0. The molecule has 2 aromatic rings. The molecular weight excluding hydrogens is 383 g/mol. The lowest BCUT2D eigenvalue weighted by atomic mass is 10.2. The van der Waals surface area contributed by atoms with Gasteiger partial charge in [0.25, 0.3) is 5.91 Å². The van der Waals surface area contributed by atoms with Crippen molar-refractivity contribution in [2.45, 2.75) is 31.7 Å². The van der Waals surface area contributed by atoms with Gasteiger partial charge in [-0.3, -0.25) is 15.6 Å². The average Bonchev–Trinajstić information content (AvgIpc) is 3.26.